The fourth-order valence-electron chi connectivity index (χ4n) is 3.01. The molecule has 0 aliphatic rings. The topological polar surface area (TPSA) is 30.2 Å². The smallest absolute Gasteiger partial charge is 0.110 e. The van der Waals surface area contributed by atoms with Gasteiger partial charge in [-0.05, 0) is 57.0 Å². The van der Waals surface area contributed by atoms with Crippen LogP contribution in [0.15, 0.2) is 65.4 Å². The second-order valence-electron chi connectivity index (χ2n) is 5.41. The average molecular weight is 348 g/mol. The third-order valence-electron chi connectivity index (χ3n) is 4.09. The average Bonchev–Trinajstić information content (AvgIpc) is 2.92. The molecular weight excluding hydrogens is 338 g/mol. The van der Waals surface area contributed by atoms with Gasteiger partial charge in [-0.25, -0.2) is 4.52 Å². The second kappa shape index (κ2) is 4.27. The summed E-state index contributed by atoms with van der Waals surface area (Å²) < 4.78 is 2.83. The van der Waals surface area contributed by atoms with Crippen molar-refractivity contribution in [3.8, 4) is 0 Å². The van der Waals surface area contributed by atoms with Gasteiger partial charge in [0.05, 0.1) is 17.2 Å². The molecule has 0 atom stereocenters. The van der Waals surface area contributed by atoms with E-state index in [1.807, 2.05) is 16.8 Å². The van der Waals surface area contributed by atoms with Gasteiger partial charge in [0.2, 0.25) is 0 Å². The predicted molar refractivity (Wildman–Crippen MR) is 93.2 cm³/mol. The number of pyridine rings is 1. The van der Waals surface area contributed by atoms with Crippen molar-refractivity contribution < 1.29 is 0 Å². The van der Waals surface area contributed by atoms with E-state index in [0.717, 1.165) is 31.9 Å². The third-order valence-corrected chi connectivity index (χ3v) is 4.69. The molecule has 0 bridgehead atoms. The van der Waals surface area contributed by atoms with Gasteiger partial charge in [0.25, 0.3) is 0 Å². The Morgan fingerprint density at radius 2 is 1.59 bits per heavy atom. The molecule has 0 aliphatic carbocycles. The normalized spacial score (nSPS) is 11.9. The second-order valence-corrected chi connectivity index (χ2v) is 6.22. The van der Waals surface area contributed by atoms with Gasteiger partial charge in [0, 0.05) is 10.8 Å². The molecule has 0 N–H and O–H groups in total. The summed E-state index contributed by atoms with van der Waals surface area (Å²) >= 11 is 3.51. The molecule has 0 saturated carbocycles. The quantitative estimate of drug-likeness (QED) is 0.293. The fourth-order valence-corrected chi connectivity index (χ4v) is 3.43. The Labute approximate surface area is 134 Å². The van der Waals surface area contributed by atoms with Crippen LogP contribution in [0.2, 0.25) is 0 Å². The minimum atomic E-state index is 0.896. The molecule has 3 aromatic heterocycles. The number of fused-ring (bicyclic) bond motifs is 5. The Kier molecular flexibility index (Phi) is 2.35. The summed E-state index contributed by atoms with van der Waals surface area (Å²) in [6.45, 7) is 0. The molecule has 104 valence electrons. The summed E-state index contributed by atoms with van der Waals surface area (Å²) in [6, 6.07) is 19.0. The van der Waals surface area contributed by atoms with Gasteiger partial charge in [-0.15, -0.1) is 0 Å². The molecular formula is C18H10BrN3. The number of nitrogens with zero attached hydrogens (tertiary/aromatic N) is 3. The molecule has 3 nitrogen and oxygen atoms in total. The van der Waals surface area contributed by atoms with Gasteiger partial charge in [-0.1, -0.05) is 24.3 Å². The maximum Gasteiger partial charge on any atom is 0.110 e. The molecule has 2 aromatic carbocycles. The SMILES string of the molecule is Brc1ccc2cc3c(cnc4cc5ccccc5cc43)nn12. The molecule has 22 heavy (non-hydrogen) atoms. The monoisotopic (exact) mass is 347 g/mol. The van der Waals surface area contributed by atoms with E-state index < -0.39 is 0 Å². The van der Waals surface area contributed by atoms with Crippen LogP contribution in [0.5, 0.6) is 0 Å². The highest BCUT2D eigenvalue weighted by Crippen LogP contribution is 2.28. The standard InChI is InChI=1S/C18H10BrN3/c19-18-6-5-13-9-15-14-7-11-3-1-2-4-12(11)8-16(14)20-10-17(15)21-22(13)18/h1-10H. The van der Waals surface area contributed by atoms with Crippen LogP contribution in [0.25, 0.3) is 38.1 Å². The van der Waals surface area contributed by atoms with Crippen LogP contribution in [-0.2, 0) is 0 Å². The molecule has 0 unspecified atom stereocenters. The molecule has 4 heteroatoms. The molecule has 0 amide bonds. The summed E-state index contributed by atoms with van der Waals surface area (Å²) in [5, 5.41) is 9.38. The van der Waals surface area contributed by atoms with E-state index in [4.69, 9.17) is 0 Å². The van der Waals surface area contributed by atoms with Gasteiger partial charge in [0.1, 0.15) is 10.1 Å². The summed E-state index contributed by atoms with van der Waals surface area (Å²) in [7, 11) is 0. The first-order valence-corrected chi connectivity index (χ1v) is 7.84. The molecule has 3 heterocycles. The Hall–Kier alpha value is -2.46. The van der Waals surface area contributed by atoms with Crippen molar-refractivity contribution in [3.63, 3.8) is 0 Å². The summed E-state index contributed by atoms with van der Waals surface area (Å²) in [6.07, 6.45) is 1.85. The molecule has 0 fully saturated rings. The number of benzene rings is 2. The first-order chi connectivity index (χ1) is 10.8. The number of aromatic nitrogens is 3. The van der Waals surface area contributed by atoms with Gasteiger partial charge >= 0.3 is 0 Å². The van der Waals surface area contributed by atoms with Crippen molar-refractivity contribution in [2.24, 2.45) is 0 Å². The highest BCUT2D eigenvalue weighted by molar-refractivity contribution is 9.10. The molecule has 0 aliphatic heterocycles. The van der Waals surface area contributed by atoms with Gasteiger partial charge < -0.3 is 0 Å². The molecule has 0 spiro atoms. The number of hydrogen-bond donors (Lipinski definition) is 0. The number of halogens is 1. The third kappa shape index (κ3) is 1.61. The summed E-state index contributed by atoms with van der Waals surface area (Å²) in [5.41, 5.74) is 2.97. The van der Waals surface area contributed by atoms with E-state index in [-0.39, 0.29) is 0 Å². The van der Waals surface area contributed by atoms with E-state index in [0.29, 0.717) is 0 Å². The molecule has 0 saturated heterocycles. The first kappa shape index (κ1) is 12.1. The Morgan fingerprint density at radius 1 is 0.818 bits per heavy atom. The Balaban J connectivity index is 2.00. The van der Waals surface area contributed by atoms with Gasteiger partial charge in [0.15, 0.2) is 0 Å². The van der Waals surface area contributed by atoms with Crippen LogP contribution in [-0.4, -0.2) is 14.6 Å². The maximum atomic E-state index is 4.67. The highest BCUT2D eigenvalue weighted by atomic mass is 79.9. The number of rotatable bonds is 0. The summed E-state index contributed by atoms with van der Waals surface area (Å²) in [5.74, 6) is 0. The lowest BCUT2D eigenvalue weighted by Crippen LogP contribution is -1.94. The lowest BCUT2D eigenvalue weighted by Gasteiger charge is -2.06. The van der Waals surface area contributed by atoms with Crippen molar-refractivity contribution >= 4 is 54.0 Å². The van der Waals surface area contributed by atoms with Crippen LogP contribution >= 0.6 is 15.9 Å². The van der Waals surface area contributed by atoms with Crippen LogP contribution in [0.1, 0.15) is 0 Å². The summed E-state index contributed by atoms with van der Waals surface area (Å²) in [4.78, 5) is 4.59. The highest BCUT2D eigenvalue weighted by Gasteiger charge is 2.08. The molecule has 5 rings (SSSR count). The van der Waals surface area contributed by atoms with E-state index in [1.165, 1.54) is 10.8 Å². The first-order valence-electron chi connectivity index (χ1n) is 7.05. The van der Waals surface area contributed by atoms with Crippen molar-refractivity contribution in [1.29, 1.82) is 0 Å². The molecule has 5 aromatic rings. The zero-order valence-electron chi connectivity index (χ0n) is 11.5. The zero-order chi connectivity index (χ0) is 14.7. The van der Waals surface area contributed by atoms with Crippen LogP contribution < -0.4 is 0 Å². The van der Waals surface area contributed by atoms with Crippen LogP contribution in [0, 0.1) is 0 Å². The largest absolute Gasteiger partial charge is 0.254 e. The minimum Gasteiger partial charge on any atom is -0.254 e. The van der Waals surface area contributed by atoms with Crippen molar-refractivity contribution in [2.75, 3.05) is 0 Å². The van der Waals surface area contributed by atoms with Crippen LogP contribution in [0.4, 0.5) is 0 Å². The van der Waals surface area contributed by atoms with Gasteiger partial charge in [-0.2, -0.15) is 5.10 Å². The number of hydrogen-bond acceptors (Lipinski definition) is 2. The van der Waals surface area contributed by atoms with E-state index in [1.54, 1.807) is 0 Å². The predicted octanol–water partition coefficient (Wildman–Crippen LogP) is 4.95. The zero-order valence-corrected chi connectivity index (χ0v) is 13.1. The Bertz CT molecular complexity index is 1190. The molecule has 0 radical (unpaired) electrons. The van der Waals surface area contributed by atoms with Crippen molar-refractivity contribution in [1.82, 2.24) is 14.6 Å². The maximum absolute atomic E-state index is 4.67. The fraction of sp³-hybridized carbons (Fsp3) is 0. The van der Waals surface area contributed by atoms with Crippen LogP contribution in [0.3, 0.4) is 0 Å². The minimum absolute atomic E-state index is 0.896. The Morgan fingerprint density at radius 3 is 2.45 bits per heavy atom. The van der Waals surface area contributed by atoms with Gasteiger partial charge in [-0.3, -0.25) is 4.98 Å². The van der Waals surface area contributed by atoms with E-state index in [2.05, 4.69) is 74.5 Å². The van der Waals surface area contributed by atoms with E-state index in [9.17, 15) is 0 Å². The lowest BCUT2D eigenvalue weighted by atomic mass is 10.0. The lowest BCUT2D eigenvalue weighted by molar-refractivity contribution is 0.949. The van der Waals surface area contributed by atoms with Crippen molar-refractivity contribution in [2.45, 2.75) is 0 Å². The van der Waals surface area contributed by atoms with Crippen molar-refractivity contribution in [3.05, 3.63) is 65.4 Å². The van der Waals surface area contributed by atoms with E-state index >= 15 is 0 Å².